The van der Waals surface area contributed by atoms with Crippen LogP contribution in [0.25, 0.3) is 11.0 Å². The van der Waals surface area contributed by atoms with Gasteiger partial charge in [-0.3, -0.25) is 9.69 Å². The molecule has 0 spiro atoms. The average Bonchev–Trinajstić information content (AvgIpc) is 3.29. The molecule has 1 amide bonds. The molecule has 1 saturated heterocycles. The maximum Gasteiger partial charge on any atom is 0.221 e. The molecule has 2 N–H and O–H groups in total. The number of hydrogen-bond donors (Lipinski definition) is 2. The summed E-state index contributed by atoms with van der Waals surface area (Å²) in [7, 11) is 0. The number of aromatic nitrogens is 2. The first-order chi connectivity index (χ1) is 11.6. The summed E-state index contributed by atoms with van der Waals surface area (Å²) in [6.07, 6.45) is 4.64. The van der Waals surface area contributed by atoms with Gasteiger partial charge in [-0.1, -0.05) is 6.07 Å². The van der Waals surface area contributed by atoms with Crippen molar-refractivity contribution in [2.75, 3.05) is 13.1 Å². The quantitative estimate of drug-likeness (QED) is 0.888. The van der Waals surface area contributed by atoms with Gasteiger partial charge in [0, 0.05) is 25.6 Å². The molecular weight excluding hydrogens is 300 g/mol. The number of H-pyrrole nitrogens is 1. The van der Waals surface area contributed by atoms with Crippen LogP contribution < -0.4 is 5.32 Å². The number of carbonyl (C=O) groups excluding carboxylic acids is 1. The molecule has 24 heavy (non-hydrogen) atoms. The minimum atomic E-state index is 0.117. The number of aryl methyl sites for hydroxylation is 2. The highest BCUT2D eigenvalue weighted by Gasteiger charge is 2.37. The lowest BCUT2D eigenvalue weighted by Crippen LogP contribution is -2.35. The Bertz CT molecular complexity index is 766. The van der Waals surface area contributed by atoms with Crippen LogP contribution in [0, 0.1) is 19.8 Å². The first-order valence-corrected chi connectivity index (χ1v) is 9.05. The molecule has 1 saturated carbocycles. The molecule has 0 unspecified atom stereocenters. The molecule has 4 rings (SSSR count). The zero-order chi connectivity index (χ0) is 16.7. The molecule has 5 heteroatoms. The Balaban J connectivity index is 1.30. The van der Waals surface area contributed by atoms with Crippen LogP contribution in [-0.4, -0.2) is 39.9 Å². The topological polar surface area (TPSA) is 61.0 Å². The summed E-state index contributed by atoms with van der Waals surface area (Å²) < 4.78 is 0. The molecule has 5 nitrogen and oxygen atoms in total. The van der Waals surface area contributed by atoms with E-state index in [1.807, 2.05) is 0 Å². The number of imidazole rings is 1. The Labute approximate surface area is 142 Å². The van der Waals surface area contributed by atoms with Crippen molar-refractivity contribution in [2.45, 2.75) is 52.1 Å². The third-order valence-electron chi connectivity index (χ3n) is 5.83. The van der Waals surface area contributed by atoms with E-state index in [4.69, 9.17) is 0 Å². The first kappa shape index (κ1) is 15.6. The molecule has 0 radical (unpaired) electrons. The van der Waals surface area contributed by atoms with Crippen LogP contribution in [0.15, 0.2) is 12.1 Å². The fourth-order valence-electron chi connectivity index (χ4n) is 4.26. The second-order valence-corrected chi connectivity index (χ2v) is 7.44. The maximum atomic E-state index is 12.1. The Morgan fingerprint density at radius 1 is 1.38 bits per heavy atom. The second kappa shape index (κ2) is 6.20. The first-order valence-electron chi connectivity index (χ1n) is 9.05. The summed E-state index contributed by atoms with van der Waals surface area (Å²) in [6, 6.07) is 4.89. The number of piperidine rings is 1. The van der Waals surface area contributed by atoms with Crippen LogP contribution >= 0.6 is 0 Å². The van der Waals surface area contributed by atoms with Crippen molar-refractivity contribution in [1.82, 2.24) is 20.2 Å². The number of benzene rings is 1. The number of fused-ring (bicyclic) bond motifs is 3. The van der Waals surface area contributed by atoms with Gasteiger partial charge in [0.15, 0.2) is 0 Å². The number of nitrogens with zero attached hydrogens (tertiary/aromatic N) is 2. The summed E-state index contributed by atoms with van der Waals surface area (Å²) in [4.78, 5) is 22.6. The lowest BCUT2D eigenvalue weighted by molar-refractivity contribution is -0.121. The second-order valence-electron chi connectivity index (χ2n) is 7.44. The lowest BCUT2D eigenvalue weighted by Gasteiger charge is -2.26. The maximum absolute atomic E-state index is 12.1. The Morgan fingerprint density at radius 2 is 2.25 bits per heavy atom. The van der Waals surface area contributed by atoms with Crippen LogP contribution in [0.4, 0.5) is 0 Å². The molecular formula is C19H26N4O. The number of nitrogens with one attached hydrogen (secondary N) is 2. The third-order valence-corrected chi connectivity index (χ3v) is 5.83. The van der Waals surface area contributed by atoms with Crippen molar-refractivity contribution < 1.29 is 4.79 Å². The van der Waals surface area contributed by atoms with Gasteiger partial charge < -0.3 is 10.3 Å². The van der Waals surface area contributed by atoms with Crippen molar-refractivity contribution in [3.63, 3.8) is 0 Å². The van der Waals surface area contributed by atoms with Crippen molar-refractivity contribution >= 4 is 16.9 Å². The van der Waals surface area contributed by atoms with E-state index in [0.717, 1.165) is 35.4 Å². The zero-order valence-electron chi connectivity index (χ0n) is 14.6. The Hall–Kier alpha value is -1.88. The lowest BCUT2D eigenvalue weighted by atomic mass is 10.1. The summed E-state index contributed by atoms with van der Waals surface area (Å²) >= 11 is 0. The third kappa shape index (κ3) is 2.93. The molecule has 2 bridgehead atoms. The van der Waals surface area contributed by atoms with Gasteiger partial charge in [-0.15, -0.1) is 0 Å². The predicted octanol–water partition coefficient (Wildman–Crippen LogP) is 2.67. The summed E-state index contributed by atoms with van der Waals surface area (Å²) in [5.74, 6) is 1.83. The average molecular weight is 326 g/mol. The monoisotopic (exact) mass is 326 g/mol. The number of hydrogen-bond acceptors (Lipinski definition) is 3. The van der Waals surface area contributed by atoms with Gasteiger partial charge in [-0.2, -0.15) is 0 Å². The predicted molar refractivity (Wildman–Crippen MR) is 94.7 cm³/mol. The van der Waals surface area contributed by atoms with Crippen molar-refractivity contribution in [3.05, 3.63) is 29.1 Å². The Morgan fingerprint density at radius 3 is 3.00 bits per heavy atom. The summed E-state index contributed by atoms with van der Waals surface area (Å²) in [6.45, 7) is 6.74. The van der Waals surface area contributed by atoms with Crippen LogP contribution in [0.1, 0.15) is 42.6 Å². The van der Waals surface area contributed by atoms with Crippen molar-refractivity contribution in [3.8, 4) is 0 Å². The minimum absolute atomic E-state index is 0.117. The highest BCUT2D eigenvalue weighted by Crippen LogP contribution is 2.37. The highest BCUT2D eigenvalue weighted by molar-refractivity contribution is 5.80. The highest BCUT2D eigenvalue weighted by atomic mass is 16.1. The molecule has 1 aliphatic heterocycles. The molecule has 2 aliphatic rings. The molecule has 2 aromatic rings. The molecule has 2 fully saturated rings. The van der Waals surface area contributed by atoms with E-state index in [1.54, 1.807) is 0 Å². The number of aromatic amines is 1. The molecule has 1 aromatic carbocycles. The minimum Gasteiger partial charge on any atom is -0.349 e. The van der Waals surface area contributed by atoms with Crippen LogP contribution in [0.5, 0.6) is 0 Å². The number of amides is 1. The fraction of sp³-hybridized carbons (Fsp3) is 0.579. The standard InChI is InChI=1S/C19H26N4O/c1-12-3-6-16-19(13(12)2)22-17(21-16)10-20-18(24)7-8-23-11-14-4-5-15(23)9-14/h3,6,14-15H,4-5,7-11H2,1-2H3,(H,20,24)(H,21,22)/t14-,15+/m1/s1. The molecule has 1 aromatic heterocycles. The molecule has 1 aliphatic carbocycles. The van der Waals surface area contributed by atoms with Crippen LogP contribution in [0.3, 0.4) is 0 Å². The zero-order valence-corrected chi connectivity index (χ0v) is 14.6. The van der Waals surface area contributed by atoms with Crippen molar-refractivity contribution in [1.29, 1.82) is 0 Å². The number of carbonyl (C=O) groups is 1. The Kier molecular flexibility index (Phi) is 4.04. The van der Waals surface area contributed by atoms with Crippen LogP contribution in [0.2, 0.25) is 0 Å². The molecule has 128 valence electrons. The molecule has 2 atom stereocenters. The number of likely N-dealkylation sites (tertiary alicyclic amines) is 1. The van der Waals surface area contributed by atoms with E-state index >= 15 is 0 Å². The van der Waals surface area contributed by atoms with Gasteiger partial charge >= 0.3 is 0 Å². The van der Waals surface area contributed by atoms with E-state index in [-0.39, 0.29) is 5.91 Å². The van der Waals surface area contributed by atoms with Gasteiger partial charge in [-0.05, 0) is 56.2 Å². The van der Waals surface area contributed by atoms with E-state index in [2.05, 4.69) is 46.2 Å². The largest absolute Gasteiger partial charge is 0.349 e. The number of rotatable bonds is 5. The van der Waals surface area contributed by atoms with Gasteiger partial charge in [0.1, 0.15) is 5.82 Å². The summed E-state index contributed by atoms with van der Waals surface area (Å²) in [5.41, 5.74) is 4.48. The fourth-order valence-corrected chi connectivity index (χ4v) is 4.26. The SMILES string of the molecule is Cc1ccc2[nH]c(CNC(=O)CCN3C[C@@H]4CC[C@H]3C4)nc2c1C. The van der Waals surface area contributed by atoms with E-state index < -0.39 is 0 Å². The molecule has 2 heterocycles. The van der Waals surface area contributed by atoms with Gasteiger partial charge in [0.2, 0.25) is 5.91 Å². The van der Waals surface area contributed by atoms with Crippen LogP contribution in [-0.2, 0) is 11.3 Å². The van der Waals surface area contributed by atoms with Gasteiger partial charge in [0.05, 0.1) is 17.6 Å². The van der Waals surface area contributed by atoms with E-state index in [9.17, 15) is 4.79 Å². The van der Waals surface area contributed by atoms with Crippen molar-refractivity contribution in [2.24, 2.45) is 5.92 Å². The van der Waals surface area contributed by atoms with E-state index in [0.29, 0.717) is 13.0 Å². The van der Waals surface area contributed by atoms with Gasteiger partial charge in [-0.25, -0.2) is 4.98 Å². The van der Waals surface area contributed by atoms with Gasteiger partial charge in [0.25, 0.3) is 0 Å². The normalized spacial score (nSPS) is 23.2. The smallest absolute Gasteiger partial charge is 0.221 e. The summed E-state index contributed by atoms with van der Waals surface area (Å²) in [5, 5.41) is 3.00. The van der Waals surface area contributed by atoms with E-state index in [1.165, 1.54) is 36.9 Å².